The molecule has 1 aromatic carbocycles. The number of allylic oxidation sites excluding steroid dienone is 1. The molecule has 19 unspecified atom stereocenters. The molecular formula is C58H76N2O11. The molecule has 384 valence electrons. The Kier molecular flexibility index (Phi) is 11.4. The van der Waals surface area contributed by atoms with Crippen molar-refractivity contribution in [1.29, 1.82) is 0 Å². The van der Waals surface area contributed by atoms with Gasteiger partial charge in [-0.25, -0.2) is 4.79 Å². The molecule has 11 aliphatic rings. The van der Waals surface area contributed by atoms with Crippen molar-refractivity contribution >= 4 is 17.7 Å². The quantitative estimate of drug-likeness (QED) is 0.141. The third kappa shape index (κ3) is 6.59. The number of aliphatic hydroxyl groups excluding tert-OH is 3. The minimum Gasteiger partial charge on any atom is -0.469 e. The third-order valence-corrected chi connectivity index (χ3v) is 22.4. The molecule has 71 heavy (non-hydrogen) atoms. The van der Waals surface area contributed by atoms with Crippen LogP contribution in [0.15, 0.2) is 59.4 Å². The number of cyclic esters (lactones) is 2. The van der Waals surface area contributed by atoms with Crippen LogP contribution in [0.25, 0.3) is 0 Å². The summed E-state index contributed by atoms with van der Waals surface area (Å²) >= 11 is 0. The van der Waals surface area contributed by atoms with Crippen molar-refractivity contribution < 1.29 is 53.1 Å². The van der Waals surface area contributed by atoms with Crippen LogP contribution in [0, 0.1) is 69.5 Å². The molecule has 19 atom stereocenters. The maximum absolute atomic E-state index is 16.3. The van der Waals surface area contributed by atoms with Crippen LogP contribution in [0.5, 0.6) is 0 Å². The second kappa shape index (κ2) is 17.2. The Morgan fingerprint density at radius 2 is 1.72 bits per heavy atom. The summed E-state index contributed by atoms with van der Waals surface area (Å²) in [6.45, 7) is 5.77. The van der Waals surface area contributed by atoms with Crippen LogP contribution in [-0.4, -0.2) is 106 Å². The zero-order chi connectivity index (χ0) is 48.7. The zero-order valence-corrected chi connectivity index (χ0v) is 41.8. The summed E-state index contributed by atoms with van der Waals surface area (Å²) in [6.07, 6.45) is 15.1. The number of fused-ring (bicyclic) bond motifs is 4. The van der Waals surface area contributed by atoms with E-state index in [4.69, 9.17) is 23.4 Å². The van der Waals surface area contributed by atoms with Gasteiger partial charge in [0.05, 0.1) is 49.7 Å². The number of Topliss-reactive ketones (excluding diaryl/α,β-unsaturated/α-hetero) is 1. The molecule has 6 aliphatic heterocycles. The molecule has 0 radical (unpaired) electrons. The number of nitrogens with one attached hydrogen (secondary N) is 1. The van der Waals surface area contributed by atoms with Crippen LogP contribution >= 0.6 is 0 Å². The number of hydrogen-bond donors (Lipinski definition) is 4. The molecule has 2 spiro atoms. The Labute approximate surface area is 418 Å². The van der Waals surface area contributed by atoms with E-state index in [-0.39, 0.29) is 66.9 Å². The largest absolute Gasteiger partial charge is 0.469 e. The van der Waals surface area contributed by atoms with E-state index >= 15 is 9.59 Å². The zero-order valence-electron chi connectivity index (χ0n) is 41.8. The molecule has 0 bridgehead atoms. The second-order valence-electron chi connectivity index (χ2n) is 25.1. The molecule has 13 heteroatoms. The number of nitrogens with zero attached hydrogens (tertiary/aromatic N) is 1. The monoisotopic (exact) mass is 977 g/mol. The smallest absolute Gasteiger partial charge is 0.339 e. The van der Waals surface area contributed by atoms with E-state index in [9.17, 15) is 20.1 Å². The minimum absolute atomic E-state index is 0.0364. The lowest BCUT2D eigenvalue weighted by molar-refractivity contribution is -0.277. The summed E-state index contributed by atoms with van der Waals surface area (Å²) in [4.78, 5) is 47.2. The minimum atomic E-state index is -1.47. The average molecular weight is 977 g/mol. The van der Waals surface area contributed by atoms with Crippen LogP contribution < -0.4 is 5.32 Å². The highest BCUT2D eigenvalue weighted by Gasteiger charge is 2.93. The van der Waals surface area contributed by atoms with Gasteiger partial charge in [-0.1, -0.05) is 75.4 Å². The summed E-state index contributed by atoms with van der Waals surface area (Å²) in [5.74, 6) is -0.623. The predicted octanol–water partition coefficient (Wildman–Crippen LogP) is 7.00. The summed E-state index contributed by atoms with van der Waals surface area (Å²) in [5, 5.41) is 39.7. The van der Waals surface area contributed by atoms with Crippen molar-refractivity contribution in [2.45, 2.75) is 171 Å². The first-order chi connectivity index (χ1) is 34.4. The van der Waals surface area contributed by atoms with Gasteiger partial charge in [0, 0.05) is 40.8 Å². The number of ether oxygens (including phenoxy) is 4. The first-order valence-electron chi connectivity index (χ1n) is 27.9. The second-order valence-corrected chi connectivity index (χ2v) is 25.1. The molecule has 1 aromatic heterocycles. The van der Waals surface area contributed by atoms with E-state index in [1.165, 1.54) is 5.56 Å². The maximum Gasteiger partial charge on any atom is 0.339 e. The molecule has 5 saturated carbocycles. The van der Waals surface area contributed by atoms with Crippen LogP contribution in [0.2, 0.25) is 0 Å². The van der Waals surface area contributed by atoms with E-state index in [0.29, 0.717) is 48.5 Å². The van der Waals surface area contributed by atoms with Crippen molar-refractivity contribution in [3.63, 3.8) is 0 Å². The van der Waals surface area contributed by atoms with Crippen molar-refractivity contribution in [3.8, 4) is 0 Å². The van der Waals surface area contributed by atoms with Crippen molar-refractivity contribution in [2.75, 3.05) is 26.4 Å². The van der Waals surface area contributed by atoms with Gasteiger partial charge in [0.1, 0.15) is 30.2 Å². The molecule has 10 fully saturated rings. The molecule has 4 N–H and O–H groups in total. The highest BCUT2D eigenvalue weighted by atomic mass is 16.7. The fourth-order valence-corrected chi connectivity index (χ4v) is 19.5. The van der Waals surface area contributed by atoms with Crippen LogP contribution in [-0.2, 0) is 46.2 Å². The van der Waals surface area contributed by atoms with E-state index < -0.39 is 69.9 Å². The molecule has 13 nitrogen and oxygen atoms in total. The number of epoxide rings is 1. The Balaban J connectivity index is 0.909. The first kappa shape index (κ1) is 47.1. The topological polar surface area (TPSA) is 181 Å². The number of aliphatic hydroxyl groups is 3. The Hall–Kier alpha value is -3.59. The van der Waals surface area contributed by atoms with Crippen molar-refractivity contribution in [1.82, 2.24) is 10.2 Å². The van der Waals surface area contributed by atoms with Gasteiger partial charge < -0.3 is 43.6 Å². The SMILES string of the molecule is CC1(C2CCCCC2)OC2CC(=O)OCC23C1C(=O)C(O)C1(C2CCCC(Cc4ccccc4)C2)C3CCC2(C)C(c3ccoc3CC(C(O)CO)C3CCC4C(C=CN5CNCC45)C3)OC(=O)C3OC321. The molecular weight excluding hydrogens is 901 g/mol. The fourth-order valence-electron chi connectivity index (χ4n) is 19.5. The number of carbonyl (C=O) groups excluding carboxylic acids is 3. The molecule has 5 saturated heterocycles. The molecule has 7 heterocycles. The standard InChI is InChI=1S/C58H76N2O11/c1-54-21-18-45-56-31-68-47(63)28-46(56)70-55(2,37-13-7-4-8-14-37)49(56)48(64)50(65)57(45,38-15-9-12-34(25-38)24-33-10-5-3-6-11-33)58(54)52(71-58)53(66)69-51(54)40-20-23-67-44(40)27-41(43(62)30-61)35-16-17-39-36(26-35)19-22-60-32-59-29-42(39)60/h3,5-6,10-11,19-20,22-23,34-39,41-43,45-46,49-52,59,61-62,65H,4,7-9,12-18,21,24-32H2,1-2H3. The summed E-state index contributed by atoms with van der Waals surface area (Å²) in [7, 11) is 0. The van der Waals surface area contributed by atoms with E-state index in [1.54, 1.807) is 6.26 Å². The van der Waals surface area contributed by atoms with Gasteiger partial charge in [0.25, 0.3) is 0 Å². The molecule has 2 aromatic rings. The average Bonchev–Trinajstić information content (AvgIpc) is 3.62. The van der Waals surface area contributed by atoms with Gasteiger partial charge in [-0.3, -0.25) is 14.9 Å². The van der Waals surface area contributed by atoms with Crippen molar-refractivity contribution in [2.24, 2.45) is 69.5 Å². The van der Waals surface area contributed by atoms with Crippen LogP contribution in [0.3, 0.4) is 0 Å². The van der Waals surface area contributed by atoms with E-state index in [1.807, 2.05) is 12.1 Å². The lowest BCUT2D eigenvalue weighted by Gasteiger charge is -2.70. The number of ketones is 1. The van der Waals surface area contributed by atoms with Gasteiger partial charge in [0.2, 0.25) is 0 Å². The normalized spacial score (nSPS) is 46.5. The third-order valence-electron chi connectivity index (χ3n) is 22.4. The highest BCUT2D eigenvalue weighted by molar-refractivity contribution is 5.92. The van der Waals surface area contributed by atoms with Crippen LogP contribution in [0.1, 0.15) is 133 Å². The maximum atomic E-state index is 16.3. The van der Waals surface area contributed by atoms with Gasteiger partial charge in [0.15, 0.2) is 11.9 Å². The number of furan rings is 1. The summed E-state index contributed by atoms with van der Waals surface area (Å²) in [5.41, 5.74) is -3.34. The van der Waals surface area contributed by atoms with Gasteiger partial charge in [-0.05, 0) is 136 Å². The highest BCUT2D eigenvalue weighted by Crippen LogP contribution is 2.83. The fraction of sp³-hybridized carbons (Fsp3) is 0.741. The number of hydrogen-bond acceptors (Lipinski definition) is 13. The molecule has 0 amide bonds. The van der Waals surface area contributed by atoms with Crippen LogP contribution in [0.4, 0.5) is 0 Å². The number of esters is 2. The predicted molar refractivity (Wildman–Crippen MR) is 259 cm³/mol. The molecule has 5 aliphatic carbocycles. The number of rotatable bonds is 10. The Bertz CT molecular complexity index is 2420. The molecule has 13 rings (SSSR count). The van der Waals surface area contributed by atoms with Crippen molar-refractivity contribution in [3.05, 3.63) is 71.8 Å². The van der Waals surface area contributed by atoms with Gasteiger partial charge >= 0.3 is 11.9 Å². The lowest BCUT2D eigenvalue weighted by Crippen LogP contribution is -2.79. The first-order valence-corrected chi connectivity index (χ1v) is 27.9. The lowest BCUT2D eigenvalue weighted by atomic mass is 9.32. The number of benzene rings is 1. The van der Waals surface area contributed by atoms with E-state index in [0.717, 1.165) is 96.7 Å². The summed E-state index contributed by atoms with van der Waals surface area (Å²) < 4.78 is 34.0. The van der Waals surface area contributed by atoms with Gasteiger partial charge in [-0.2, -0.15) is 0 Å². The van der Waals surface area contributed by atoms with Gasteiger partial charge in [-0.15, -0.1) is 0 Å². The number of carbonyl (C=O) groups is 3. The Morgan fingerprint density at radius 1 is 0.901 bits per heavy atom. The van der Waals surface area contributed by atoms with E-state index in [2.05, 4.69) is 60.6 Å². The summed E-state index contributed by atoms with van der Waals surface area (Å²) in [6, 6.07) is 12.9. The Morgan fingerprint density at radius 3 is 2.54 bits per heavy atom.